The standard InChI is InChI=1S/C12H19N5O3/c13-10(16-19)12(2-8-20-9-3-12)11(18)14-5-7-17-6-1-4-15-17/h1,4,6,19H,2-3,5,7-9H2,(H2,13,16)(H,14,18). The third kappa shape index (κ3) is 2.90. The van der Waals surface area contributed by atoms with Crippen LogP contribution in [0.1, 0.15) is 12.8 Å². The Hall–Kier alpha value is -2.09. The van der Waals surface area contributed by atoms with Crippen LogP contribution in [-0.2, 0) is 16.1 Å². The van der Waals surface area contributed by atoms with Gasteiger partial charge in [0.05, 0.1) is 6.54 Å². The van der Waals surface area contributed by atoms with E-state index in [1.807, 2.05) is 12.3 Å². The molecule has 0 aromatic carbocycles. The van der Waals surface area contributed by atoms with Crippen molar-refractivity contribution in [3.8, 4) is 0 Å². The maximum atomic E-state index is 12.4. The molecule has 2 heterocycles. The van der Waals surface area contributed by atoms with Crippen LogP contribution in [0.5, 0.6) is 0 Å². The van der Waals surface area contributed by atoms with Crippen molar-refractivity contribution in [2.75, 3.05) is 19.8 Å². The summed E-state index contributed by atoms with van der Waals surface area (Å²) in [6.45, 7) is 1.84. The second-order valence-corrected chi connectivity index (χ2v) is 4.70. The lowest BCUT2D eigenvalue weighted by Crippen LogP contribution is -2.53. The fraction of sp³-hybridized carbons (Fsp3) is 0.583. The van der Waals surface area contributed by atoms with E-state index in [-0.39, 0.29) is 11.7 Å². The van der Waals surface area contributed by atoms with Crippen LogP contribution in [0.15, 0.2) is 23.6 Å². The first kappa shape index (κ1) is 14.3. The lowest BCUT2D eigenvalue weighted by atomic mass is 9.78. The zero-order chi connectivity index (χ0) is 14.4. The lowest BCUT2D eigenvalue weighted by Gasteiger charge is -2.34. The number of nitrogens with two attached hydrogens (primary N) is 1. The second-order valence-electron chi connectivity index (χ2n) is 4.70. The van der Waals surface area contributed by atoms with E-state index in [0.29, 0.717) is 39.1 Å². The molecule has 0 bridgehead atoms. The number of carbonyl (C=O) groups is 1. The van der Waals surface area contributed by atoms with Crippen molar-refractivity contribution in [2.24, 2.45) is 16.3 Å². The molecule has 8 heteroatoms. The van der Waals surface area contributed by atoms with Gasteiger partial charge in [-0.05, 0) is 18.9 Å². The highest BCUT2D eigenvalue weighted by Gasteiger charge is 2.44. The molecular formula is C12H19N5O3. The predicted molar refractivity (Wildman–Crippen MR) is 71.1 cm³/mol. The summed E-state index contributed by atoms with van der Waals surface area (Å²) in [6.07, 6.45) is 4.32. The zero-order valence-electron chi connectivity index (χ0n) is 11.2. The minimum atomic E-state index is -0.975. The number of hydrogen-bond donors (Lipinski definition) is 3. The first-order chi connectivity index (χ1) is 9.69. The molecule has 0 radical (unpaired) electrons. The first-order valence-corrected chi connectivity index (χ1v) is 6.50. The van der Waals surface area contributed by atoms with Gasteiger partial charge in [-0.2, -0.15) is 5.10 Å². The summed E-state index contributed by atoms with van der Waals surface area (Å²) in [5, 5.41) is 18.8. The maximum absolute atomic E-state index is 12.4. The van der Waals surface area contributed by atoms with Crippen molar-refractivity contribution in [3.63, 3.8) is 0 Å². The van der Waals surface area contributed by atoms with Gasteiger partial charge in [0.15, 0.2) is 5.84 Å². The van der Waals surface area contributed by atoms with Gasteiger partial charge in [0, 0.05) is 32.2 Å². The number of oxime groups is 1. The van der Waals surface area contributed by atoms with Crippen LogP contribution >= 0.6 is 0 Å². The summed E-state index contributed by atoms with van der Waals surface area (Å²) >= 11 is 0. The highest BCUT2D eigenvalue weighted by atomic mass is 16.5. The van der Waals surface area contributed by atoms with Crippen LogP contribution in [0.25, 0.3) is 0 Å². The molecule has 20 heavy (non-hydrogen) atoms. The number of ether oxygens (including phenoxy) is 1. The van der Waals surface area contributed by atoms with E-state index in [0.717, 1.165) is 0 Å². The number of aromatic nitrogens is 2. The third-order valence-corrected chi connectivity index (χ3v) is 3.56. The molecule has 0 aliphatic carbocycles. The molecule has 1 aliphatic rings. The van der Waals surface area contributed by atoms with Crippen molar-refractivity contribution in [3.05, 3.63) is 18.5 Å². The van der Waals surface area contributed by atoms with Gasteiger partial charge in [0.2, 0.25) is 5.91 Å². The topological polar surface area (TPSA) is 115 Å². The van der Waals surface area contributed by atoms with Gasteiger partial charge in [-0.15, -0.1) is 0 Å². The number of carbonyl (C=O) groups excluding carboxylic acids is 1. The lowest BCUT2D eigenvalue weighted by molar-refractivity contribution is -0.131. The molecule has 0 spiro atoms. The van der Waals surface area contributed by atoms with Crippen LogP contribution in [0, 0.1) is 5.41 Å². The van der Waals surface area contributed by atoms with Crippen molar-refractivity contribution in [1.82, 2.24) is 15.1 Å². The van der Waals surface area contributed by atoms with Gasteiger partial charge in [-0.3, -0.25) is 9.48 Å². The molecule has 1 fully saturated rings. The second kappa shape index (κ2) is 6.38. The van der Waals surface area contributed by atoms with Gasteiger partial charge in [0.25, 0.3) is 0 Å². The normalized spacial score (nSPS) is 18.7. The highest BCUT2D eigenvalue weighted by Crippen LogP contribution is 2.31. The van der Waals surface area contributed by atoms with Gasteiger partial charge in [-0.1, -0.05) is 5.16 Å². The highest BCUT2D eigenvalue weighted by molar-refractivity contribution is 6.06. The number of rotatable bonds is 5. The first-order valence-electron chi connectivity index (χ1n) is 6.50. The van der Waals surface area contributed by atoms with E-state index >= 15 is 0 Å². The molecule has 0 atom stereocenters. The van der Waals surface area contributed by atoms with Gasteiger partial charge < -0.3 is 21.0 Å². The SMILES string of the molecule is NC(=NO)C1(C(=O)NCCn2cccn2)CCOCC1. The van der Waals surface area contributed by atoms with E-state index in [4.69, 9.17) is 15.7 Å². The summed E-state index contributed by atoms with van der Waals surface area (Å²) in [5.41, 5.74) is 4.74. The van der Waals surface area contributed by atoms with E-state index in [1.165, 1.54) is 0 Å². The Morgan fingerprint density at radius 3 is 2.90 bits per heavy atom. The van der Waals surface area contributed by atoms with Crippen LogP contribution in [0.3, 0.4) is 0 Å². The van der Waals surface area contributed by atoms with E-state index in [2.05, 4.69) is 15.6 Å². The summed E-state index contributed by atoms with van der Waals surface area (Å²) in [6, 6.07) is 1.82. The van der Waals surface area contributed by atoms with E-state index < -0.39 is 5.41 Å². The Bertz CT molecular complexity index is 465. The Morgan fingerprint density at radius 2 is 2.30 bits per heavy atom. The van der Waals surface area contributed by atoms with Crippen molar-refractivity contribution >= 4 is 11.7 Å². The number of nitrogens with one attached hydrogen (secondary N) is 1. The number of amidine groups is 1. The van der Waals surface area contributed by atoms with E-state index in [9.17, 15) is 4.79 Å². The minimum absolute atomic E-state index is 0.0580. The quantitative estimate of drug-likeness (QED) is 0.292. The molecule has 1 aliphatic heterocycles. The number of amides is 1. The Labute approximate surface area is 116 Å². The van der Waals surface area contributed by atoms with Gasteiger partial charge >= 0.3 is 0 Å². The van der Waals surface area contributed by atoms with Crippen LogP contribution in [0.2, 0.25) is 0 Å². The third-order valence-electron chi connectivity index (χ3n) is 3.56. The monoisotopic (exact) mass is 281 g/mol. The Kier molecular flexibility index (Phi) is 4.57. The van der Waals surface area contributed by atoms with Crippen LogP contribution in [-0.4, -0.2) is 46.5 Å². The van der Waals surface area contributed by atoms with Crippen LogP contribution < -0.4 is 11.1 Å². The molecule has 8 nitrogen and oxygen atoms in total. The van der Waals surface area contributed by atoms with Crippen LogP contribution in [0.4, 0.5) is 0 Å². The molecule has 0 unspecified atom stereocenters. The fourth-order valence-corrected chi connectivity index (χ4v) is 2.30. The molecular weight excluding hydrogens is 262 g/mol. The average molecular weight is 281 g/mol. The smallest absolute Gasteiger partial charge is 0.234 e. The number of hydrogen-bond acceptors (Lipinski definition) is 5. The fourth-order valence-electron chi connectivity index (χ4n) is 2.30. The number of nitrogens with zero attached hydrogens (tertiary/aromatic N) is 3. The molecule has 110 valence electrons. The molecule has 1 aromatic heterocycles. The predicted octanol–water partition coefficient (Wildman–Crippen LogP) is -0.457. The molecule has 1 saturated heterocycles. The molecule has 2 rings (SSSR count). The van der Waals surface area contributed by atoms with Crippen molar-refractivity contribution < 1.29 is 14.7 Å². The zero-order valence-corrected chi connectivity index (χ0v) is 11.2. The molecule has 1 amide bonds. The largest absolute Gasteiger partial charge is 0.409 e. The summed E-state index contributed by atoms with van der Waals surface area (Å²) < 4.78 is 6.97. The summed E-state index contributed by atoms with van der Waals surface area (Å²) in [7, 11) is 0. The van der Waals surface area contributed by atoms with Gasteiger partial charge in [0.1, 0.15) is 5.41 Å². The Morgan fingerprint density at radius 1 is 1.55 bits per heavy atom. The Balaban J connectivity index is 1.96. The van der Waals surface area contributed by atoms with Crippen molar-refractivity contribution in [1.29, 1.82) is 0 Å². The molecule has 4 N–H and O–H groups in total. The summed E-state index contributed by atoms with van der Waals surface area (Å²) in [4.78, 5) is 12.4. The molecule has 1 aromatic rings. The maximum Gasteiger partial charge on any atom is 0.234 e. The minimum Gasteiger partial charge on any atom is -0.409 e. The summed E-state index contributed by atoms with van der Waals surface area (Å²) in [5.74, 6) is -0.291. The van der Waals surface area contributed by atoms with E-state index in [1.54, 1.807) is 10.9 Å². The molecule has 0 saturated carbocycles. The van der Waals surface area contributed by atoms with Crippen molar-refractivity contribution in [2.45, 2.75) is 19.4 Å². The average Bonchev–Trinajstić information content (AvgIpc) is 3.00. The van der Waals surface area contributed by atoms with Gasteiger partial charge in [-0.25, -0.2) is 0 Å².